The number of aryl methyl sites for hydroxylation is 1. The average Bonchev–Trinajstić information content (AvgIpc) is 3.17. The highest BCUT2D eigenvalue weighted by atomic mass is 15.4. The number of rotatable bonds is 2. The van der Waals surface area contributed by atoms with Crippen LogP contribution in [0.5, 0.6) is 0 Å². The van der Waals surface area contributed by atoms with E-state index in [9.17, 15) is 0 Å². The number of nitrogens with zero attached hydrogens (tertiary/aromatic N) is 3. The van der Waals surface area contributed by atoms with Crippen molar-refractivity contribution in [2.75, 3.05) is 11.9 Å². The topological polar surface area (TPSA) is 11.4 Å². The zero-order chi connectivity index (χ0) is 19.5. The zero-order valence-electron chi connectivity index (χ0n) is 16.8. The predicted octanol–water partition coefficient (Wildman–Crippen LogP) is 6.05. The van der Waals surface area contributed by atoms with Crippen LogP contribution in [0.1, 0.15) is 19.4 Å². The fraction of sp³-hybridized carbons (Fsp3) is 0.200. The van der Waals surface area contributed by atoms with Crippen molar-refractivity contribution < 1.29 is 0 Å². The zero-order valence-corrected chi connectivity index (χ0v) is 16.8. The van der Waals surface area contributed by atoms with E-state index >= 15 is 0 Å². The van der Waals surface area contributed by atoms with Crippen LogP contribution >= 0.6 is 0 Å². The molecule has 140 valence electrons. The molecule has 0 N–H and O–H groups in total. The van der Waals surface area contributed by atoms with Crippen LogP contribution in [0.2, 0.25) is 0 Å². The molecule has 0 saturated carbocycles. The van der Waals surface area contributed by atoms with Crippen LogP contribution in [-0.2, 0) is 0 Å². The van der Waals surface area contributed by atoms with Crippen LogP contribution in [0.25, 0.3) is 27.5 Å². The van der Waals surface area contributed by atoms with Gasteiger partial charge in [-0.3, -0.25) is 0 Å². The lowest BCUT2D eigenvalue weighted by Gasteiger charge is -2.39. The van der Waals surface area contributed by atoms with Gasteiger partial charge < -0.3 is 14.4 Å². The van der Waals surface area contributed by atoms with Crippen LogP contribution < -0.4 is 4.90 Å². The first-order valence-electron chi connectivity index (χ1n) is 9.79. The molecule has 1 aliphatic heterocycles. The first-order chi connectivity index (χ1) is 13.5. The molecule has 0 fully saturated rings. The fourth-order valence-corrected chi connectivity index (χ4v) is 4.36. The monoisotopic (exact) mass is 367 g/mol. The van der Waals surface area contributed by atoms with Gasteiger partial charge in [-0.1, -0.05) is 42.5 Å². The maximum Gasteiger partial charge on any atom is 0.110 e. The molecule has 3 nitrogen and oxygen atoms in total. The summed E-state index contributed by atoms with van der Waals surface area (Å²) in [5, 5.41) is 2.60. The number of para-hydroxylation sites is 2. The molecule has 0 radical (unpaired) electrons. The Bertz CT molecular complexity index is 1210. The van der Waals surface area contributed by atoms with E-state index in [1.807, 2.05) is 0 Å². The van der Waals surface area contributed by atoms with Crippen molar-refractivity contribution in [3.8, 4) is 5.69 Å². The largest absolute Gasteiger partial charge is 0.357 e. The highest BCUT2D eigenvalue weighted by Gasteiger charge is 2.35. The molecule has 0 atom stereocenters. The molecule has 0 unspecified atom stereocenters. The molecule has 2 heterocycles. The average molecular weight is 367 g/mol. The van der Waals surface area contributed by atoms with Crippen molar-refractivity contribution >= 4 is 27.5 Å². The summed E-state index contributed by atoms with van der Waals surface area (Å²) < 4.78 is 2.38. The SMILES string of the molecule is Cc1ccc2c(c1N1C=CN(C)C1(C)C)c1ccccc1n2-c1ccccc1. The van der Waals surface area contributed by atoms with Crippen LogP contribution in [0.15, 0.2) is 79.1 Å². The second-order valence-electron chi connectivity index (χ2n) is 8.09. The Morgan fingerprint density at radius 1 is 0.750 bits per heavy atom. The Balaban J connectivity index is 1.92. The minimum absolute atomic E-state index is 0.116. The normalized spacial score (nSPS) is 15.9. The van der Waals surface area contributed by atoms with Gasteiger partial charge in [0.1, 0.15) is 5.66 Å². The molecule has 3 heteroatoms. The number of hydrogen-bond acceptors (Lipinski definition) is 2. The van der Waals surface area contributed by atoms with Gasteiger partial charge in [-0.2, -0.15) is 0 Å². The van der Waals surface area contributed by atoms with Crippen LogP contribution in [-0.4, -0.2) is 22.2 Å². The van der Waals surface area contributed by atoms with Gasteiger partial charge in [0.25, 0.3) is 0 Å². The van der Waals surface area contributed by atoms with Crippen molar-refractivity contribution in [3.63, 3.8) is 0 Å². The molecule has 4 aromatic rings. The van der Waals surface area contributed by atoms with Gasteiger partial charge in [-0.05, 0) is 50.6 Å². The number of aromatic nitrogens is 1. The lowest BCUT2D eigenvalue weighted by Crippen LogP contribution is -2.46. The third kappa shape index (κ3) is 2.22. The van der Waals surface area contributed by atoms with Crippen LogP contribution in [0.3, 0.4) is 0 Å². The Morgan fingerprint density at radius 3 is 2.18 bits per heavy atom. The van der Waals surface area contributed by atoms with Crippen molar-refractivity contribution in [3.05, 3.63) is 84.7 Å². The first kappa shape index (κ1) is 16.9. The lowest BCUT2D eigenvalue weighted by atomic mass is 10.0. The molecule has 5 rings (SSSR count). The summed E-state index contributed by atoms with van der Waals surface area (Å²) in [7, 11) is 2.14. The fourth-order valence-electron chi connectivity index (χ4n) is 4.36. The highest BCUT2D eigenvalue weighted by Crippen LogP contribution is 2.43. The maximum atomic E-state index is 2.41. The summed E-state index contributed by atoms with van der Waals surface area (Å²) in [6.45, 7) is 6.74. The Morgan fingerprint density at radius 2 is 1.46 bits per heavy atom. The van der Waals surface area contributed by atoms with Crippen molar-refractivity contribution in [1.29, 1.82) is 0 Å². The van der Waals surface area contributed by atoms with Gasteiger partial charge in [-0.15, -0.1) is 0 Å². The lowest BCUT2D eigenvalue weighted by molar-refractivity contribution is 0.253. The van der Waals surface area contributed by atoms with Gasteiger partial charge in [0.2, 0.25) is 0 Å². The minimum Gasteiger partial charge on any atom is -0.357 e. The second kappa shape index (κ2) is 5.90. The third-order valence-corrected chi connectivity index (χ3v) is 6.16. The molecular formula is C25H25N3. The molecule has 0 bridgehead atoms. The van der Waals surface area contributed by atoms with Gasteiger partial charge in [0.15, 0.2) is 0 Å². The van der Waals surface area contributed by atoms with Crippen LogP contribution in [0.4, 0.5) is 5.69 Å². The first-order valence-corrected chi connectivity index (χ1v) is 9.79. The van der Waals surface area contributed by atoms with Crippen molar-refractivity contribution in [2.24, 2.45) is 0 Å². The predicted molar refractivity (Wildman–Crippen MR) is 119 cm³/mol. The standard InChI is InChI=1S/C25H25N3/c1-18-14-15-22-23(24(18)27-17-16-26(4)25(27,2)3)20-12-8-9-13-21(20)28(22)19-10-6-5-7-11-19/h5-17H,1-4H3. The van der Waals surface area contributed by atoms with E-state index in [-0.39, 0.29) is 5.66 Å². The van der Waals surface area contributed by atoms with E-state index in [2.05, 4.69) is 121 Å². The van der Waals surface area contributed by atoms with Gasteiger partial charge in [0.05, 0.1) is 16.7 Å². The summed E-state index contributed by atoms with van der Waals surface area (Å²) in [5.41, 5.74) is 6.13. The summed E-state index contributed by atoms with van der Waals surface area (Å²) in [6, 6.07) is 23.9. The molecule has 28 heavy (non-hydrogen) atoms. The summed E-state index contributed by atoms with van der Waals surface area (Å²) in [4.78, 5) is 4.67. The van der Waals surface area contributed by atoms with Crippen molar-refractivity contribution in [2.45, 2.75) is 26.4 Å². The van der Waals surface area contributed by atoms with Crippen LogP contribution in [0, 0.1) is 6.92 Å². The third-order valence-electron chi connectivity index (χ3n) is 6.16. The minimum atomic E-state index is -0.116. The quantitative estimate of drug-likeness (QED) is 0.427. The van der Waals surface area contributed by atoms with Gasteiger partial charge >= 0.3 is 0 Å². The van der Waals surface area contributed by atoms with Gasteiger partial charge in [-0.25, -0.2) is 0 Å². The molecule has 1 aliphatic rings. The Hall–Kier alpha value is -3.20. The number of benzene rings is 3. The van der Waals surface area contributed by atoms with E-state index < -0.39 is 0 Å². The molecule has 0 aliphatic carbocycles. The molecular weight excluding hydrogens is 342 g/mol. The van der Waals surface area contributed by atoms with E-state index in [4.69, 9.17) is 0 Å². The van der Waals surface area contributed by atoms with E-state index in [1.165, 1.54) is 38.7 Å². The van der Waals surface area contributed by atoms with Gasteiger partial charge in [0, 0.05) is 35.9 Å². The van der Waals surface area contributed by atoms with E-state index in [1.54, 1.807) is 0 Å². The van der Waals surface area contributed by atoms with Crippen molar-refractivity contribution in [1.82, 2.24) is 9.47 Å². The molecule has 3 aromatic carbocycles. The Labute approximate surface area is 166 Å². The highest BCUT2D eigenvalue weighted by molar-refractivity contribution is 6.16. The second-order valence-corrected chi connectivity index (χ2v) is 8.09. The molecule has 1 aromatic heterocycles. The smallest absolute Gasteiger partial charge is 0.110 e. The van der Waals surface area contributed by atoms with E-state index in [0.29, 0.717) is 0 Å². The summed E-state index contributed by atoms with van der Waals surface area (Å²) in [5.74, 6) is 0. The summed E-state index contributed by atoms with van der Waals surface area (Å²) in [6.07, 6.45) is 4.37. The molecule has 0 saturated heterocycles. The molecule has 0 spiro atoms. The maximum absolute atomic E-state index is 2.41. The number of fused-ring (bicyclic) bond motifs is 3. The number of hydrogen-bond donors (Lipinski definition) is 0. The summed E-state index contributed by atoms with van der Waals surface area (Å²) >= 11 is 0. The van der Waals surface area contributed by atoms with E-state index in [0.717, 1.165) is 0 Å². The molecule has 0 amide bonds. The Kier molecular flexibility index (Phi) is 3.57. The number of anilines is 1.